The van der Waals surface area contributed by atoms with Crippen LogP contribution in [-0.2, 0) is 6.54 Å². The summed E-state index contributed by atoms with van der Waals surface area (Å²) in [6.07, 6.45) is 1.23. The van der Waals surface area contributed by atoms with Crippen molar-refractivity contribution in [2.75, 3.05) is 13.1 Å². The summed E-state index contributed by atoms with van der Waals surface area (Å²) < 4.78 is 1.26. The second kappa shape index (κ2) is 6.25. The van der Waals surface area contributed by atoms with Gasteiger partial charge in [0.1, 0.15) is 0 Å². The van der Waals surface area contributed by atoms with Gasteiger partial charge in [0.25, 0.3) is 0 Å². The van der Waals surface area contributed by atoms with Crippen LogP contribution in [-0.4, -0.2) is 30.1 Å². The Balaban J connectivity index is 2.10. The maximum Gasteiger partial charge on any atom is 0.0342 e. The van der Waals surface area contributed by atoms with Gasteiger partial charge in [-0.05, 0) is 52.7 Å². The lowest BCUT2D eigenvalue weighted by Crippen LogP contribution is -2.46. The van der Waals surface area contributed by atoms with Crippen LogP contribution in [0.1, 0.15) is 39.0 Å². The van der Waals surface area contributed by atoms with E-state index in [1.54, 1.807) is 0 Å². The molecule has 1 aliphatic rings. The fourth-order valence-electron chi connectivity index (χ4n) is 2.55. The number of hydrogen-bond donors (Lipinski definition) is 1. The molecule has 19 heavy (non-hydrogen) atoms. The van der Waals surface area contributed by atoms with Crippen molar-refractivity contribution in [3.05, 3.63) is 20.8 Å². The lowest BCUT2D eigenvalue weighted by molar-refractivity contribution is 0.158. The van der Waals surface area contributed by atoms with E-state index in [0.29, 0.717) is 17.5 Å². The Morgan fingerprint density at radius 3 is 2.79 bits per heavy atom. The molecule has 2 heterocycles. The van der Waals surface area contributed by atoms with E-state index in [2.05, 4.69) is 65.3 Å². The molecule has 4 heteroatoms. The van der Waals surface area contributed by atoms with Gasteiger partial charge in [-0.15, -0.1) is 11.3 Å². The molecule has 1 N–H and O–H groups in total. The molecule has 1 fully saturated rings. The average molecular weight is 345 g/mol. The van der Waals surface area contributed by atoms with Gasteiger partial charge in [0.15, 0.2) is 0 Å². The van der Waals surface area contributed by atoms with Gasteiger partial charge in [0.05, 0.1) is 0 Å². The molecule has 0 saturated carbocycles. The van der Waals surface area contributed by atoms with Crippen molar-refractivity contribution in [1.82, 2.24) is 10.2 Å². The number of rotatable bonds is 2. The summed E-state index contributed by atoms with van der Waals surface area (Å²) in [7, 11) is 0. The smallest absolute Gasteiger partial charge is 0.0342 e. The van der Waals surface area contributed by atoms with Gasteiger partial charge in [0.2, 0.25) is 0 Å². The molecule has 2 nitrogen and oxygen atoms in total. The van der Waals surface area contributed by atoms with Gasteiger partial charge in [-0.2, -0.15) is 0 Å². The molecule has 1 aromatic rings. The molecule has 1 saturated heterocycles. The van der Waals surface area contributed by atoms with E-state index in [0.717, 1.165) is 19.6 Å². The van der Waals surface area contributed by atoms with Crippen LogP contribution in [0.3, 0.4) is 0 Å². The third-order valence-corrected chi connectivity index (χ3v) is 5.99. The van der Waals surface area contributed by atoms with E-state index in [-0.39, 0.29) is 0 Å². The first-order valence-electron chi connectivity index (χ1n) is 7.07. The third-order valence-electron chi connectivity index (χ3n) is 4.08. The number of halogens is 1. The van der Waals surface area contributed by atoms with E-state index >= 15 is 0 Å². The van der Waals surface area contributed by atoms with E-state index in [1.165, 1.54) is 15.8 Å². The van der Waals surface area contributed by atoms with E-state index in [4.69, 9.17) is 0 Å². The first-order chi connectivity index (χ1) is 8.88. The van der Waals surface area contributed by atoms with Gasteiger partial charge in [0, 0.05) is 34.5 Å². The first kappa shape index (κ1) is 15.5. The second-order valence-corrected chi connectivity index (χ2v) is 8.49. The molecular formula is C15H25BrN2S. The third kappa shape index (κ3) is 4.03. The summed E-state index contributed by atoms with van der Waals surface area (Å²) in [5, 5.41) is 5.89. The maximum absolute atomic E-state index is 3.73. The normalized spacial score (nSPS) is 26.4. The van der Waals surface area contributed by atoms with E-state index in [1.807, 2.05) is 11.3 Å². The number of nitrogens with one attached hydrogen (secondary N) is 1. The maximum atomic E-state index is 3.73. The summed E-state index contributed by atoms with van der Waals surface area (Å²) in [5.41, 5.74) is 0.314. The SMILES string of the molecule is CC1CCNC(C(C)(C)C)CN1Cc1sccc1Br. The standard InChI is InChI=1S/C15H25BrN2S/c1-11-5-7-17-14(15(2,3)4)10-18(11)9-13-12(16)6-8-19-13/h6,8,11,14,17H,5,7,9-10H2,1-4H3. The Morgan fingerprint density at radius 2 is 2.21 bits per heavy atom. The van der Waals surface area contributed by atoms with Crippen molar-refractivity contribution in [3.8, 4) is 0 Å². The highest BCUT2D eigenvalue weighted by Crippen LogP contribution is 2.28. The van der Waals surface area contributed by atoms with Crippen LogP contribution >= 0.6 is 27.3 Å². The minimum absolute atomic E-state index is 0.314. The molecule has 1 aromatic heterocycles. The van der Waals surface area contributed by atoms with Crippen LogP contribution < -0.4 is 5.32 Å². The van der Waals surface area contributed by atoms with Gasteiger partial charge in [-0.3, -0.25) is 4.90 Å². The minimum Gasteiger partial charge on any atom is -0.312 e. The Hall–Kier alpha value is 0.100. The monoisotopic (exact) mass is 344 g/mol. The summed E-state index contributed by atoms with van der Waals surface area (Å²) in [5.74, 6) is 0. The average Bonchev–Trinajstić information content (AvgIpc) is 2.60. The number of hydrogen-bond acceptors (Lipinski definition) is 3. The zero-order valence-corrected chi connectivity index (χ0v) is 14.8. The molecule has 0 aromatic carbocycles. The quantitative estimate of drug-likeness (QED) is 0.868. The predicted octanol–water partition coefficient (Wildman–Crippen LogP) is 4.11. The molecular weight excluding hydrogens is 320 g/mol. The zero-order valence-electron chi connectivity index (χ0n) is 12.4. The van der Waals surface area contributed by atoms with Gasteiger partial charge >= 0.3 is 0 Å². The highest BCUT2D eigenvalue weighted by molar-refractivity contribution is 9.10. The Labute approximate surface area is 129 Å². The Bertz CT molecular complexity index is 411. The molecule has 2 unspecified atom stereocenters. The summed E-state index contributed by atoms with van der Waals surface area (Å²) in [6.45, 7) is 12.7. The second-order valence-electron chi connectivity index (χ2n) is 6.63. The molecule has 0 spiro atoms. The largest absolute Gasteiger partial charge is 0.312 e. The molecule has 0 bridgehead atoms. The summed E-state index contributed by atoms with van der Waals surface area (Å²) in [4.78, 5) is 4.08. The molecule has 2 rings (SSSR count). The topological polar surface area (TPSA) is 15.3 Å². The number of thiophene rings is 1. The van der Waals surface area contributed by atoms with Crippen molar-refractivity contribution >= 4 is 27.3 Å². The minimum atomic E-state index is 0.314. The zero-order chi connectivity index (χ0) is 14.0. The van der Waals surface area contributed by atoms with Crippen LogP contribution in [0.2, 0.25) is 0 Å². The molecule has 0 aliphatic carbocycles. The van der Waals surface area contributed by atoms with E-state index < -0.39 is 0 Å². The fourth-order valence-corrected chi connectivity index (χ4v) is 4.05. The fraction of sp³-hybridized carbons (Fsp3) is 0.733. The summed E-state index contributed by atoms with van der Waals surface area (Å²) in [6, 6.07) is 3.37. The van der Waals surface area contributed by atoms with Crippen molar-refractivity contribution in [2.24, 2.45) is 5.41 Å². The van der Waals surface area contributed by atoms with Crippen LogP contribution in [0.5, 0.6) is 0 Å². The molecule has 2 atom stereocenters. The molecule has 1 aliphatic heterocycles. The lowest BCUT2D eigenvalue weighted by Gasteiger charge is -2.35. The Kier molecular flexibility index (Phi) is 5.09. The van der Waals surface area contributed by atoms with Crippen molar-refractivity contribution in [1.29, 1.82) is 0 Å². The highest BCUT2D eigenvalue weighted by atomic mass is 79.9. The molecule has 0 radical (unpaired) electrons. The van der Waals surface area contributed by atoms with Crippen LogP contribution in [0.4, 0.5) is 0 Å². The Morgan fingerprint density at radius 1 is 1.47 bits per heavy atom. The van der Waals surface area contributed by atoms with Crippen molar-refractivity contribution in [3.63, 3.8) is 0 Å². The molecule has 108 valence electrons. The van der Waals surface area contributed by atoms with Gasteiger partial charge in [-0.1, -0.05) is 20.8 Å². The van der Waals surface area contributed by atoms with Crippen LogP contribution in [0.15, 0.2) is 15.9 Å². The summed E-state index contributed by atoms with van der Waals surface area (Å²) >= 11 is 5.51. The highest BCUT2D eigenvalue weighted by Gasteiger charge is 2.30. The van der Waals surface area contributed by atoms with Crippen LogP contribution in [0, 0.1) is 5.41 Å². The van der Waals surface area contributed by atoms with Crippen molar-refractivity contribution in [2.45, 2.75) is 52.7 Å². The lowest BCUT2D eigenvalue weighted by atomic mass is 9.86. The van der Waals surface area contributed by atoms with E-state index in [9.17, 15) is 0 Å². The van der Waals surface area contributed by atoms with Gasteiger partial charge < -0.3 is 5.32 Å². The molecule has 0 amide bonds. The van der Waals surface area contributed by atoms with Crippen LogP contribution in [0.25, 0.3) is 0 Å². The van der Waals surface area contributed by atoms with Gasteiger partial charge in [-0.25, -0.2) is 0 Å². The van der Waals surface area contributed by atoms with Crippen molar-refractivity contribution < 1.29 is 0 Å². The number of nitrogens with zero attached hydrogens (tertiary/aromatic N) is 1. The predicted molar refractivity (Wildman–Crippen MR) is 87.8 cm³/mol. The first-order valence-corrected chi connectivity index (χ1v) is 8.74.